The summed E-state index contributed by atoms with van der Waals surface area (Å²) in [6, 6.07) is 11.2. The lowest BCUT2D eigenvalue weighted by Crippen LogP contribution is -2.28. The molecule has 9 nitrogen and oxygen atoms in total. The number of esters is 1. The topological polar surface area (TPSA) is 112 Å². The summed E-state index contributed by atoms with van der Waals surface area (Å²) in [5.74, 6) is -1.82. The van der Waals surface area contributed by atoms with E-state index < -0.39 is 27.6 Å². The van der Waals surface area contributed by atoms with E-state index in [9.17, 15) is 18.0 Å². The molecule has 1 N–H and O–H groups in total. The molecule has 194 valence electrons. The van der Waals surface area contributed by atoms with Crippen molar-refractivity contribution in [3.63, 3.8) is 0 Å². The molecule has 11 heteroatoms. The highest BCUT2D eigenvalue weighted by Gasteiger charge is 2.22. The molecular formula is C26H27ClN4O5S. The molecule has 4 aromatic rings. The molecule has 4 rings (SSSR count). The van der Waals surface area contributed by atoms with Gasteiger partial charge < -0.3 is 14.6 Å². The Morgan fingerprint density at radius 1 is 1.11 bits per heavy atom. The molecule has 0 radical (unpaired) electrons. The Labute approximate surface area is 219 Å². The van der Waals surface area contributed by atoms with Crippen molar-refractivity contribution in [2.45, 2.75) is 24.8 Å². The number of aryl methyl sites for hydroxylation is 2. The highest BCUT2D eigenvalue weighted by Crippen LogP contribution is 2.32. The first-order chi connectivity index (χ1) is 17.5. The number of fused-ring (bicyclic) bond motifs is 1. The van der Waals surface area contributed by atoms with E-state index in [1.807, 2.05) is 25.4 Å². The van der Waals surface area contributed by atoms with E-state index in [1.54, 1.807) is 54.5 Å². The van der Waals surface area contributed by atoms with Gasteiger partial charge in [-0.25, -0.2) is 8.42 Å². The van der Waals surface area contributed by atoms with Gasteiger partial charge in [0.1, 0.15) is 5.69 Å². The van der Waals surface area contributed by atoms with Gasteiger partial charge in [0.25, 0.3) is 5.91 Å². The largest absolute Gasteiger partial charge is 0.465 e. The second-order valence-corrected chi connectivity index (χ2v) is 11.1. The Morgan fingerprint density at radius 3 is 2.43 bits per heavy atom. The van der Waals surface area contributed by atoms with Crippen molar-refractivity contribution in [1.29, 1.82) is 0 Å². The Hall–Kier alpha value is -3.63. The Bertz CT molecular complexity index is 1590. The third-order valence-corrected chi connectivity index (χ3v) is 8.00. The van der Waals surface area contributed by atoms with Crippen LogP contribution >= 0.6 is 11.6 Å². The minimum absolute atomic E-state index is 0.00979. The number of nitrogens with zero attached hydrogens (tertiary/aromatic N) is 3. The zero-order chi connectivity index (χ0) is 26.9. The fourth-order valence-corrected chi connectivity index (χ4v) is 5.48. The molecule has 1 amide bonds. The summed E-state index contributed by atoms with van der Waals surface area (Å²) in [4.78, 5) is 24.8. The van der Waals surface area contributed by atoms with Crippen molar-refractivity contribution >= 4 is 44.2 Å². The summed E-state index contributed by atoms with van der Waals surface area (Å²) >= 11 is 6.56. The van der Waals surface area contributed by atoms with Crippen LogP contribution in [-0.4, -0.2) is 47.0 Å². The monoisotopic (exact) mass is 542 g/mol. The average molecular weight is 543 g/mol. The molecule has 2 heterocycles. The van der Waals surface area contributed by atoms with E-state index in [4.69, 9.17) is 16.3 Å². The number of hydrogen-bond acceptors (Lipinski definition) is 6. The first-order valence-corrected chi connectivity index (χ1v) is 13.6. The van der Waals surface area contributed by atoms with Crippen molar-refractivity contribution in [1.82, 2.24) is 19.7 Å². The predicted octanol–water partition coefficient (Wildman–Crippen LogP) is 4.06. The number of rotatable bonds is 8. The second kappa shape index (κ2) is 10.4. The van der Waals surface area contributed by atoms with Gasteiger partial charge in [0, 0.05) is 31.2 Å². The zero-order valence-electron chi connectivity index (χ0n) is 20.9. The summed E-state index contributed by atoms with van der Waals surface area (Å²) in [6.07, 6.45) is 3.65. The summed E-state index contributed by atoms with van der Waals surface area (Å²) in [7, 11) is -0.181. The smallest absolute Gasteiger partial charge is 0.321 e. The van der Waals surface area contributed by atoms with Crippen LogP contribution in [0.4, 0.5) is 0 Å². The molecule has 37 heavy (non-hydrogen) atoms. The number of aromatic nitrogens is 3. The first-order valence-electron chi connectivity index (χ1n) is 11.6. The lowest BCUT2D eigenvalue weighted by molar-refractivity contribution is -0.139. The fourth-order valence-electron chi connectivity index (χ4n) is 4.10. The van der Waals surface area contributed by atoms with Crippen molar-refractivity contribution in [2.24, 2.45) is 14.1 Å². The molecule has 0 saturated carbocycles. The number of carbonyl (C=O) groups is 2. The minimum Gasteiger partial charge on any atom is -0.465 e. The number of hydrogen-bond donors (Lipinski definition) is 1. The van der Waals surface area contributed by atoms with E-state index in [-0.39, 0.29) is 17.4 Å². The molecule has 0 fully saturated rings. The number of nitrogens with one attached hydrogen (secondary N) is 1. The Balaban J connectivity index is 1.53. The lowest BCUT2D eigenvalue weighted by Gasteiger charge is -2.15. The van der Waals surface area contributed by atoms with Crippen LogP contribution in [-0.2, 0) is 33.5 Å². The Kier molecular flexibility index (Phi) is 7.42. The SMILES string of the molecule is CCOC(=O)CS(=O)(=O)c1ccc([C@@H](C)NC(=O)c2cc3c(Cl)cc(-c4cnn(C)c4)cc3n2C)cc1. The first kappa shape index (κ1) is 26.4. The Morgan fingerprint density at radius 2 is 1.81 bits per heavy atom. The van der Waals surface area contributed by atoms with Gasteiger partial charge in [-0.3, -0.25) is 14.3 Å². The maximum atomic E-state index is 13.2. The summed E-state index contributed by atoms with van der Waals surface area (Å²) in [5, 5.41) is 8.44. The highest BCUT2D eigenvalue weighted by molar-refractivity contribution is 7.92. The number of sulfone groups is 1. The lowest BCUT2D eigenvalue weighted by atomic mass is 10.1. The van der Waals surface area contributed by atoms with Gasteiger partial charge in [-0.1, -0.05) is 23.7 Å². The maximum Gasteiger partial charge on any atom is 0.321 e. The summed E-state index contributed by atoms with van der Waals surface area (Å²) in [6.45, 7) is 3.52. The summed E-state index contributed by atoms with van der Waals surface area (Å²) < 4.78 is 33.1. The van der Waals surface area contributed by atoms with Gasteiger partial charge in [-0.15, -0.1) is 0 Å². The maximum absolute atomic E-state index is 13.2. The molecule has 2 aromatic heterocycles. The molecule has 0 aliphatic heterocycles. The zero-order valence-corrected chi connectivity index (χ0v) is 22.4. The van der Waals surface area contributed by atoms with Crippen LogP contribution in [0.1, 0.15) is 35.9 Å². The van der Waals surface area contributed by atoms with Gasteiger partial charge in [0.2, 0.25) is 0 Å². The third-order valence-electron chi connectivity index (χ3n) is 6.08. The van der Waals surface area contributed by atoms with Gasteiger partial charge in [-0.2, -0.15) is 5.10 Å². The number of ether oxygens (including phenoxy) is 1. The molecule has 0 aliphatic rings. The standard InChI is InChI=1S/C26H27ClN4O5S/c1-5-36-25(32)15-37(34,35)20-8-6-17(7-9-20)16(2)29-26(33)24-12-21-22(27)10-18(11-23(21)31(24)4)19-13-28-30(3)14-19/h6-14,16H,5,15H2,1-4H3,(H,29,33)/t16-/m1/s1. The molecular weight excluding hydrogens is 516 g/mol. The average Bonchev–Trinajstić information content (AvgIpc) is 3.42. The number of amides is 1. The van der Waals surface area contributed by atoms with E-state index in [0.29, 0.717) is 16.3 Å². The quantitative estimate of drug-likeness (QED) is 0.336. The molecule has 1 atom stereocenters. The van der Waals surface area contributed by atoms with E-state index in [1.165, 1.54) is 12.1 Å². The number of benzene rings is 2. The van der Waals surface area contributed by atoms with Crippen LogP contribution in [0, 0.1) is 0 Å². The van der Waals surface area contributed by atoms with Gasteiger partial charge in [0.15, 0.2) is 15.6 Å². The van der Waals surface area contributed by atoms with Gasteiger partial charge >= 0.3 is 5.97 Å². The van der Waals surface area contributed by atoms with E-state index >= 15 is 0 Å². The highest BCUT2D eigenvalue weighted by atomic mass is 35.5. The van der Waals surface area contributed by atoms with Crippen LogP contribution in [0.15, 0.2) is 59.8 Å². The van der Waals surface area contributed by atoms with Crippen molar-refractivity contribution in [2.75, 3.05) is 12.4 Å². The van der Waals surface area contributed by atoms with Crippen LogP contribution in [0.3, 0.4) is 0 Å². The van der Waals surface area contributed by atoms with Gasteiger partial charge in [-0.05, 0) is 55.3 Å². The number of carbonyl (C=O) groups excluding carboxylic acids is 2. The minimum atomic E-state index is -3.82. The fraction of sp³-hybridized carbons (Fsp3) is 0.269. The van der Waals surface area contributed by atoms with Crippen LogP contribution in [0.5, 0.6) is 0 Å². The number of halogens is 1. The normalized spacial score (nSPS) is 12.5. The third kappa shape index (κ3) is 5.55. The molecule has 0 saturated heterocycles. The van der Waals surface area contributed by atoms with Crippen molar-refractivity contribution < 1.29 is 22.7 Å². The molecule has 0 unspecified atom stereocenters. The van der Waals surface area contributed by atoms with Crippen molar-refractivity contribution in [3.05, 3.63) is 71.1 Å². The molecule has 0 bridgehead atoms. The van der Waals surface area contributed by atoms with Crippen LogP contribution in [0.2, 0.25) is 5.02 Å². The van der Waals surface area contributed by atoms with Crippen LogP contribution < -0.4 is 5.32 Å². The molecule has 0 aliphatic carbocycles. The summed E-state index contributed by atoms with van der Waals surface area (Å²) in [5.41, 5.74) is 3.75. The van der Waals surface area contributed by atoms with E-state index in [2.05, 4.69) is 10.4 Å². The molecule has 0 spiro atoms. The predicted molar refractivity (Wildman–Crippen MR) is 141 cm³/mol. The second-order valence-electron chi connectivity index (χ2n) is 8.71. The van der Waals surface area contributed by atoms with Crippen LogP contribution in [0.25, 0.3) is 22.0 Å². The van der Waals surface area contributed by atoms with Gasteiger partial charge in [0.05, 0.1) is 34.3 Å². The molecule has 2 aromatic carbocycles. The van der Waals surface area contributed by atoms with E-state index in [0.717, 1.165) is 22.0 Å². The van der Waals surface area contributed by atoms with Crippen molar-refractivity contribution in [3.8, 4) is 11.1 Å².